The van der Waals surface area contributed by atoms with Crippen molar-refractivity contribution in [2.24, 2.45) is 5.92 Å². The highest BCUT2D eigenvalue weighted by atomic mass is 16.5. The normalized spacial score (nSPS) is 22.8. The van der Waals surface area contributed by atoms with Gasteiger partial charge in [-0.25, -0.2) is 0 Å². The lowest BCUT2D eigenvalue weighted by Gasteiger charge is -2.37. The minimum atomic E-state index is -0.338. The van der Waals surface area contributed by atoms with E-state index in [1.807, 2.05) is 36.1 Å². The number of para-hydroxylation sites is 1. The second-order valence-corrected chi connectivity index (χ2v) is 7.19. The molecule has 1 aromatic rings. The van der Waals surface area contributed by atoms with E-state index in [-0.39, 0.29) is 35.9 Å². The van der Waals surface area contributed by atoms with Crippen molar-refractivity contribution in [3.05, 3.63) is 29.8 Å². The first-order chi connectivity index (χ1) is 13.0. The van der Waals surface area contributed by atoms with Crippen LogP contribution in [-0.2, 0) is 19.1 Å². The molecule has 1 amide bonds. The number of Topliss-reactive ketones (excluding diaryl/α,β-unsaturated/α-hetero) is 1. The lowest BCUT2D eigenvalue weighted by Crippen LogP contribution is -2.49. The average molecular weight is 372 g/mol. The van der Waals surface area contributed by atoms with Crippen LogP contribution >= 0.6 is 0 Å². The van der Waals surface area contributed by atoms with Crippen molar-refractivity contribution in [2.45, 2.75) is 39.0 Å². The van der Waals surface area contributed by atoms with Crippen molar-refractivity contribution in [1.82, 2.24) is 4.90 Å². The van der Waals surface area contributed by atoms with Crippen LogP contribution < -0.4 is 4.90 Å². The Morgan fingerprint density at radius 2 is 1.81 bits per heavy atom. The van der Waals surface area contributed by atoms with E-state index in [1.165, 1.54) is 0 Å². The number of carbonyl (C=O) groups excluding carboxylic acids is 3. The second kappa shape index (κ2) is 8.55. The van der Waals surface area contributed by atoms with Crippen LogP contribution in [-0.4, -0.2) is 55.3 Å². The summed E-state index contributed by atoms with van der Waals surface area (Å²) in [7, 11) is 0. The molecule has 3 rings (SSSR count). The van der Waals surface area contributed by atoms with Crippen LogP contribution in [0.15, 0.2) is 24.3 Å². The molecule has 6 heteroatoms. The zero-order valence-electron chi connectivity index (χ0n) is 16.1. The molecule has 0 radical (unpaired) electrons. The number of benzene rings is 1. The number of ether oxygens (including phenoxy) is 1. The highest BCUT2D eigenvalue weighted by Gasteiger charge is 2.39. The average Bonchev–Trinajstić information content (AvgIpc) is 3.09. The fourth-order valence-electron chi connectivity index (χ4n) is 4.12. The molecule has 6 nitrogen and oxygen atoms in total. The SMILES string of the molecule is CCOC(=O)[C@H]1CC(=O)[C@@H](c2ccccc2N2CCN(C(=O)CC)CC2)C1. The van der Waals surface area contributed by atoms with Gasteiger partial charge in [-0.1, -0.05) is 25.1 Å². The highest BCUT2D eigenvalue weighted by molar-refractivity contribution is 5.94. The van der Waals surface area contributed by atoms with Gasteiger partial charge >= 0.3 is 5.97 Å². The Labute approximate surface area is 160 Å². The summed E-state index contributed by atoms with van der Waals surface area (Å²) >= 11 is 0. The summed E-state index contributed by atoms with van der Waals surface area (Å²) in [4.78, 5) is 40.7. The van der Waals surface area contributed by atoms with Crippen molar-refractivity contribution in [3.63, 3.8) is 0 Å². The van der Waals surface area contributed by atoms with Crippen LogP contribution in [0.2, 0.25) is 0 Å². The van der Waals surface area contributed by atoms with Gasteiger partial charge < -0.3 is 14.5 Å². The van der Waals surface area contributed by atoms with Crippen molar-refractivity contribution < 1.29 is 19.1 Å². The molecule has 1 saturated carbocycles. The molecule has 1 aliphatic heterocycles. The Morgan fingerprint density at radius 3 is 2.48 bits per heavy atom. The van der Waals surface area contributed by atoms with Gasteiger partial charge in [0, 0.05) is 50.6 Å². The third-order valence-electron chi connectivity index (χ3n) is 5.56. The molecule has 2 fully saturated rings. The molecule has 1 heterocycles. The first kappa shape index (κ1) is 19.4. The first-order valence-electron chi connectivity index (χ1n) is 9.86. The molecule has 1 saturated heterocycles. The number of esters is 1. The molecule has 2 aliphatic rings. The van der Waals surface area contributed by atoms with E-state index in [0.29, 0.717) is 32.5 Å². The van der Waals surface area contributed by atoms with Gasteiger partial charge in [0.15, 0.2) is 0 Å². The number of piperazine rings is 1. The number of nitrogens with zero attached hydrogens (tertiary/aromatic N) is 2. The van der Waals surface area contributed by atoms with Gasteiger partial charge in [-0.3, -0.25) is 14.4 Å². The fraction of sp³-hybridized carbons (Fsp3) is 0.571. The fourth-order valence-corrected chi connectivity index (χ4v) is 4.12. The first-order valence-corrected chi connectivity index (χ1v) is 9.86. The topological polar surface area (TPSA) is 66.9 Å². The van der Waals surface area contributed by atoms with Crippen LogP contribution in [0.25, 0.3) is 0 Å². The second-order valence-electron chi connectivity index (χ2n) is 7.19. The Balaban J connectivity index is 1.74. The van der Waals surface area contributed by atoms with Gasteiger partial charge in [-0.05, 0) is 25.0 Å². The summed E-state index contributed by atoms with van der Waals surface area (Å²) in [5.74, 6) is -0.565. The summed E-state index contributed by atoms with van der Waals surface area (Å²) in [6.07, 6.45) is 1.31. The van der Waals surface area contributed by atoms with E-state index in [1.54, 1.807) is 6.92 Å². The van der Waals surface area contributed by atoms with Crippen LogP contribution in [0.4, 0.5) is 5.69 Å². The number of anilines is 1. The molecular formula is C21H28N2O4. The van der Waals surface area contributed by atoms with Gasteiger partial charge in [-0.2, -0.15) is 0 Å². The minimum Gasteiger partial charge on any atom is -0.466 e. The van der Waals surface area contributed by atoms with Gasteiger partial charge in [0.1, 0.15) is 5.78 Å². The predicted octanol–water partition coefficient (Wildman–Crippen LogP) is 2.37. The molecule has 2 atom stereocenters. The Bertz CT molecular complexity index is 710. The maximum Gasteiger partial charge on any atom is 0.309 e. The van der Waals surface area contributed by atoms with E-state index < -0.39 is 0 Å². The van der Waals surface area contributed by atoms with Crippen molar-refractivity contribution in [2.75, 3.05) is 37.7 Å². The Hall–Kier alpha value is -2.37. The van der Waals surface area contributed by atoms with Crippen molar-refractivity contribution in [1.29, 1.82) is 0 Å². The molecule has 0 spiro atoms. The zero-order valence-corrected chi connectivity index (χ0v) is 16.1. The van der Waals surface area contributed by atoms with Gasteiger partial charge in [0.05, 0.1) is 12.5 Å². The van der Waals surface area contributed by atoms with E-state index in [9.17, 15) is 14.4 Å². The van der Waals surface area contributed by atoms with Crippen molar-refractivity contribution in [3.8, 4) is 0 Å². The maximum atomic E-state index is 12.6. The van der Waals surface area contributed by atoms with Crippen molar-refractivity contribution >= 4 is 23.3 Å². The summed E-state index contributed by atoms with van der Waals surface area (Å²) in [5.41, 5.74) is 2.04. The van der Waals surface area contributed by atoms with Gasteiger partial charge in [-0.15, -0.1) is 0 Å². The molecule has 0 unspecified atom stereocenters. The third kappa shape index (κ3) is 4.15. The maximum absolute atomic E-state index is 12.6. The number of amides is 1. The number of rotatable bonds is 5. The van der Waals surface area contributed by atoms with Crippen LogP contribution in [0.3, 0.4) is 0 Å². The highest BCUT2D eigenvalue weighted by Crippen LogP contribution is 2.40. The standard InChI is InChI=1S/C21H28N2O4/c1-3-20(25)23-11-9-22(10-12-23)18-8-6-5-7-16(18)17-13-15(14-19(17)24)21(26)27-4-2/h5-8,15,17H,3-4,9-14H2,1-2H3/t15-,17-/m1/s1. The van der Waals surface area contributed by atoms with Crippen LogP contribution in [0.5, 0.6) is 0 Å². The molecule has 1 aromatic carbocycles. The predicted molar refractivity (Wildman–Crippen MR) is 103 cm³/mol. The van der Waals surface area contributed by atoms with Crippen LogP contribution in [0, 0.1) is 5.92 Å². The number of hydrogen-bond acceptors (Lipinski definition) is 5. The molecule has 1 aliphatic carbocycles. The van der Waals surface area contributed by atoms with E-state index in [4.69, 9.17) is 4.74 Å². The summed E-state index contributed by atoms with van der Waals surface area (Å²) in [6.45, 7) is 6.91. The smallest absolute Gasteiger partial charge is 0.309 e. The molecule has 0 bridgehead atoms. The number of ketones is 1. The Kier molecular flexibility index (Phi) is 6.14. The summed E-state index contributed by atoms with van der Waals surface area (Å²) < 4.78 is 5.11. The molecule has 0 aromatic heterocycles. The zero-order chi connectivity index (χ0) is 19.4. The molecule has 0 N–H and O–H groups in total. The third-order valence-corrected chi connectivity index (χ3v) is 5.56. The van der Waals surface area contributed by atoms with Gasteiger partial charge in [0.25, 0.3) is 0 Å². The Morgan fingerprint density at radius 1 is 1.11 bits per heavy atom. The van der Waals surface area contributed by atoms with E-state index in [2.05, 4.69) is 4.90 Å². The quantitative estimate of drug-likeness (QED) is 0.743. The minimum absolute atomic E-state index is 0.111. The van der Waals surface area contributed by atoms with E-state index in [0.717, 1.165) is 24.3 Å². The van der Waals surface area contributed by atoms with Crippen LogP contribution in [0.1, 0.15) is 44.6 Å². The lowest BCUT2D eigenvalue weighted by molar-refractivity contribution is -0.148. The number of hydrogen-bond donors (Lipinski definition) is 0. The largest absolute Gasteiger partial charge is 0.466 e. The summed E-state index contributed by atoms with van der Waals surface area (Å²) in [5, 5.41) is 0. The molecule has 27 heavy (non-hydrogen) atoms. The number of carbonyl (C=O) groups is 3. The van der Waals surface area contributed by atoms with Gasteiger partial charge in [0.2, 0.25) is 5.91 Å². The lowest BCUT2D eigenvalue weighted by atomic mass is 9.93. The monoisotopic (exact) mass is 372 g/mol. The van der Waals surface area contributed by atoms with E-state index >= 15 is 0 Å². The molecular weight excluding hydrogens is 344 g/mol. The summed E-state index contributed by atoms with van der Waals surface area (Å²) in [6, 6.07) is 7.96. The molecule has 146 valence electrons.